The molecule has 1 N–H and O–H groups in total. The van der Waals surface area contributed by atoms with Crippen molar-refractivity contribution in [3.63, 3.8) is 0 Å². The molecule has 0 spiro atoms. The van der Waals surface area contributed by atoms with Crippen molar-refractivity contribution in [2.45, 2.75) is 25.3 Å². The van der Waals surface area contributed by atoms with Crippen LogP contribution in [0.15, 0.2) is 0 Å². The second-order valence-corrected chi connectivity index (χ2v) is 4.53. The van der Waals surface area contributed by atoms with Gasteiger partial charge in [0, 0.05) is 18.6 Å². The fourth-order valence-electron chi connectivity index (χ4n) is 2.71. The van der Waals surface area contributed by atoms with Crippen LogP contribution in [0.5, 0.6) is 0 Å². The van der Waals surface area contributed by atoms with Crippen LogP contribution in [-0.4, -0.2) is 34.5 Å². The van der Waals surface area contributed by atoms with E-state index in [4.69, 9.17) is 5.11 Å². The Morgan fingerprint density at radius 2 is 1.79 bits per heavy atom. The molecule has 2 unspecified atom stereocenters. The standard InChI is InChI=1S/C10H13NO3/c12-4-6-7-8(6)10(14)11(9(7)13)5-2-1-3-5/h5-8,12H,1-4H2. The summed E-state index contributed by atoms with van der Waals surface area (Å²) in [6.45, 7) is -0.0225. The lowest BCUT2D eigenvalue weighted by Crippen LogP contribution is -2.46. The molecule has 1 heterocycles. The van der Waals surface area contributed by atoms with Crippen molar-refractivity contribution in [3.8, 4) is 0 Å². The molecule has 2 amide bonds. The Hall–Kier alpha value is -0.900. The largest absolute Gasteiger partial charge is 0.396 e. The highest BCUT2D eigenvalue weighted by atomic mass is 16.3. The van der Waals surface area contributed by atoms with E-state index in [1.165, 1.54) is 4.90 Å². The lowest BCUT2D eigenvalue weighted by atomic mass is 9.91. The minimum absolute atomic E-state index is 0.0225. The predicted molar refractivity (Wildman–Crippen MR) is 47.0 cm³/mol. The molecule has 3 aliphatic rings. The van der Waals surface area contributed by atoms with Crippen molar-refractivity contribution in [3.05, 3.63) is 0 Å². The molecule has 3 rings (SSSR count). The average Bonchev–Trinajstić information content (AvgIpc) is 2.76. The summed E-state index contributed by atoms with van der Waals surface area (Å²) in [6.07, 6.45) is 3.07. The number of aliphatic hydroxyl groups excluding tert-OH is 1. The fraction of sp³-hybridized carbons (Fsp3) is 0.800. The van der Waals surface area contributed by atoms with Crippen LogP contribution in [0, 0.1) is 17.8 Å². The van der Waals surface area contributed by atoms with Gasteiger partial charge in [-0.05, 0) is 19.3 Å². The van der Waals surface area contributed by atoms with Gasteiger partial charge in [0.15, 0.2) is 0 Å². The zero-order valence-electron chi connectivity index (χ0n) is 7.85. The predicted octanol–water partition coefficient (Wildman–Crippen LogP) is -0.238. The van der Waals surface area contributed by atoms with Crippen LogP contribution in [0.3, 0.4) is 0 Å². The van der Waals surface area contributed by atoms with Crippen molar-refractivity contribution >= 4 is 11.8 Å². The molecule has 0 aromatic rings. The Balaban J connectivity index is 1.79. The van der Waals surface area contributed by atoms with Gasteiger partial charge in [0.05, 0.1) is 11.8 Å². The normalized spacial score (nSPS) is 41.2. The van der Waals surface area contributed by atoms with Gasteiger partial charge < -0.3 is 5.11 Å². The van der Waals surface area contributed by atoms with Gasteiger partial charge in [-0.2, -0.15) is 0 Å². The molecule has 4 nitrogen and oxygen atoms in total. The zero-order valence-corrected chi connectivity index (χ0v) is 7.85. The Morgan fingerprint density at radius 1 is 1.21 bits per heavy atom. The van der Waals surface area contributed by atoms with E-state index in [1.54, 1.807) is 0 Å². The van der Waals surface area contributed by atoms with Gasteiger partial charge >= 0.3 is 0 Å². The third-order valence-electron chi connectivity index (χ3n) is 3.86. The second kappa shape index (κ2) is 2.57. The molecule has 2 atom stereocenters. The Kier molecular flexibility index (Phi) is 1.54. The minimum atomic E-state index is -0.173. The smallest absolute Gasteiger partial charge is 0.233 e. The summed E-state index contributed by atoms with van der Waals surface area (Å²) in [5.41, 5.74) is 0. The molecule has 4 heteroatoms. The maximum absolute atomic E-state index is 11.8. The van der Waals surface area contributed by atoms with Gasteiger partial charge in [-0.25, -0.2) is 0 Å². The Bertz CT molecular complexity index is 288. The highest BCUT2D eigenvalue weighted by molar-refractivity contribution is 6.09. The number of piperidine rings is 1. The SMILES string of the molecule is O=C1C2C(CO)C2C(=O)N1C1CCC1. The third-order valence-corrected chi connectivity index (χ3v) is 3.86. The number of aliphatic hydroxyl groups is 1. The molecule has 0 aromatic carbocycles. The number of carbonyl (C=O) groups excluding carboxylic acids is 2. The monoisotopic (exact) mass is 195 g/mol. The molecule has 0 aromatic heterocycles. The van der Waals surface area contributed by atoms with Crippen LogP contribution in [0.4, 0.5) is 0 Å². The van der Waals surface area contributed by atoms with E-state index >= 15 is 0 Å². The molecule has 2 aliphatic carbocycles. The van der Waals surface area contributed by atoms with Crippen molar-refractivity contribution < 1.29 is 14.7 Å². The highest BCUT2D eigenvalue weighted by Crippen LogP contribution is 2.54. The number of fused-ring (bicyclic) bond motifs is 1. The highest BCUT2D eigenvalue weighted by Gasteiger charge is 2.67. The van der Waals surface area contributed by atoms with Crippen LogP contribution in [0.25, 0.3) is 0 Å². The van der Waals surface area contributed by atoms with E-state index in [-0.39, 0.29) is 42.2 Å². The first-order valence-electron chi connectivity index (χ1n) is 5.23. The average molecular weight is 195 g/mol. The van der Waals surface area contributed by atoms with E-state index in [0.717, 1.165) is 19.3 Å². The molecular weight excluding hydrogens is 182 g/mol. The van der Waals surface area contributed by atoms with E-state index < -0.39 is 0 Å². The van der Waals surface area contributed by atoms with Crippen LogP contribution in [0.2, 0.25) is 0 Å². The van der Waals surface area contributed by atoms with E-state index in [1.807, 2.05) is 0 Å². The van der Waals surface area contributed by atoms with Gasteiger partial charge in [0.25, 0.3) is 0 Å². The lowest BCUT2D eigenvalue weighted by molar-refractivity contribution is -0.147. The third kappa shape index (κ3) is 0.823. The molecule has 0 bridgehead atoms. The number of imide groups is 1. The maximum Gasteiger partial charge on any atom is 0.233 e. The van der Waals surface area contributed by atoms with Crippen LogP contribution in [0.1, 0.15) is 19.3 Å². The summed E-state index contributed by atoms with van der Waals surface area (Å²) in [5.74, 6) is -0.458. The van der Waals surface area contributed by atoms with Gasteiger partial charge in [-0.3, -0.25) is 14.5 Å². The number of amides is 2. The summed E-state index contributed by atoms with van der Waals surface area (Å²) in [7, 11) is 0. The zero-order chi connectivity index (χ0) is 9.87. The van der Waals surface area contributed by atoms with Crippen molar-refractivity contribution in [1.82, 2.24) is 4.90 Å². The van der Waals surface area contributed by atoms with Crippen molar-refractivity contribution in [1.29, 1.82) is 0 Å². The molecular formula is C10H13NO3. The summed E-state index contributed by atoms with van der Waals surface area (Å²) in [4.78, 5) is 25.0. The maximum atomic E-state index is 11.8. The van der Waals surface area contributed by atoms with Gasteiger partial charge in [0.1, 0.15) is 0 Å². The Labute approximate surface area is 81.9 Å². The molecule has 3 fully saturated rings. The topological polar surface area (TPSA) is 57.6 Å². The number of carbonyl (C=O) groups is 2. The fourth-order valence-corrected chi connectivity index (χ4v) is 2.71. The number of nitrogens with zero attached hydrogens (tertiary/aromatic N) is 1. The van der Waals surface area contributed by atoms with Crippen molar-refractivity contribution in [2.75, 3.05) is 6.61 Å². The number of hydrogen-bond acceptors (Lipinski definition) is 3. The van der Waals surface area contributed by atoms with Gasteiger partial charge in [0.2, 0.25) is 11.8 Å². The summed E-state index contributed by atoms with van der Waals surface area (Å²) in [5, 5.41) is 8.92. The summed E-state index contributed by atoms with van der Waals surface area (Å²) < 4.78 is 0. The van der Waals surface area contributed by atoms with Gasteiger partial charge in [-0.1, -0.05) is 0 Å². The first-order valence-corrected chi connectivity index (χ1v) is 5.23. The molecule has 1 aliphatic heterocycles. The second-order valence-electron chi connectivity index (χ2n) is 4.53. The minimum Gasteiger partial charge on any atom is -0.396 e. The van der Waals surface area contributed by atoms with Gasteiger partial charge in [-0.15, -0.1) is 0 Å². The lowest BCUT2D eigenvalue weighted by Gasteiger charge is -2.34. The molecule has 0 radical (unpaired) electrons. The molecule has 2 saturated carbocycles. The number of hydrogen-bond donors (Lipinski definition) is 1. The first kappa shape index (κ1) is 8.41. The summed E-state index contributed by atoms with van der Waals surface area (Å²) in [6, 6.07) is 0.183. The van der Waals surface area contributed by atoms with Crippen LogP contribution in [-0.2, 0) is 9.59 Å². The number of rotatable bonds is 2. The van der Waals surface area contributed by atoms with E-state index in [9.17, 15) is 9.59 Å². The van der Waals surface area contributed by atoms with Crippen LogP contribution >= 0.6 is 0 Å². The van der Waals surface area contributed by atoms with Crippen LogP contribution < -0.4 is 0 Å². The summed E-state index contributed by atoms with van der Waals surface area (Å²) >= 11 is 0. The molecule has 14 heavy (non-hydrogen) atoms. The number of likely N-dealkylation sites (tertiary alicyclic amines) is 1. The molecule has 1 saturated heterocycles. The Morgan fingerprint density at radius 3 is 2.14 bits per heavy atom. The van der Waals surface area contributed by atoms with Crippen molar-refractivity contribution in [2.24, 2.45) is 17.8 Å². The van der Waals surface area contributed by atoms with E-state index in [0.29, 0.717) is 0 Å². The van der Waals surface area contributed by atoms with E-state index in [2.05, 4.69) is 0 Å². The first-order chi connectivity index (χ1) is 6.75. The molecule has 76 valence electrons. The quantitative estimate of drug-likeness (QED) is 0.619.